The largest absolute Gasteiger partial charge is 0.464 e. The second kappa shape index (κ2) is 3.91. The third-order valence-electron chi connectivity index (χ3n) is 2.89. The number of fused-ring (bicyclic) bond motifs is 1. The zero-order valence-electron chi connectivity index (χ0n) is 9.40. The summed E-state index contributed by atoms with van der Waals surface area (Å²) >= 11 is 4.98. The van der Waals surface area contributed by atoms with E-state index in [4.69, 9.17) is 4.74 Å². The highest BCUT2D eigenvalue weighted by atomic mass is 79.9. The Kier molecular flexibility index (Phi) is 2.99. The Morgan fingerprint density at radius 1 is 1.62 bits per heavy atom. The molecule has 2 saturated heterocycles. The summed E-state index contributed by atoms with van der Waals surface area (Å²) in [7, 11) is 0. The van der Waals surface area contributed by atoms with E-state index in [0.717, 1.165) is 0 Å². The number of halogens is 1. The molecule has 0 saturated carbocycles. The molecule has 0 spiro atoms. The van der Waals surface area contributed by atoms with Crippen LogP contribution in [0.15, 0.2) is 0 Å². The number of ether oxygens (including phenoxy) is 1. The standard InChI is InChI=1S/C10H14BrNO3S/c1-4-15-9(14)6-10(2,3)16-8-5(11)7(13)12(6)8/h5-6,8H,4H2,1-3H3/t5-,6-,8+/m0/s1. The Morgan fingerprint density at radius 3 is 2.81 bits per heavy atom. The van der Waals surface area contributed by atoms with Gasteiger partial charge >= 0.3 is 5.97 Å². The second-order valence-corrected chi connectivity index (χ2v) is 7.17. The maximum absolute atomic E-state index is 11.9. The topological polar surface area (TPSA) is 46.6 Å². The predicted octanol–water partition coefficient (Wildman–Crippen LogP) is 1.38. The number of esters is 1. The molecule has 16 heavy (non-hydrogen) atoms. The molecule has 0 N–H and O–H groups in total. The molecule has 2 aliphatic heterocycles. The van der Waals surface area contributed by atoms with Crippen molar-refractivity contribution in [3.8, 4) is 0 Å². The highest BCUT2D eigenvalue weighted by Gasteiger charge is 2.63. The smallest absolute Gasteiger partial charge is 0.330 e. The van der Waals surface area contributed by atoms with Crippen molar-refractivity contribution in [1.29, 1.82) is 0 Å². The first-order chi connectivity index (χ1) is 7.40. The monoisotopic (exact) mass is 307 g/mol. The zero-order valence-corrected chi connectivity index (χ0v) is 11.8. The number of nitrogens with zero attached hydrogens (tertiary/aromatic N) is 1. The molecule has 2 rings (SSSR count). The second-order valence-electron chi connectivity index (χ2n) is 4.41. The first-order valence-corrected chi connectivity index (χ1v) is 7.00. The molecule has 6 heteroatoms. The van der Waals surface area contributed by atoms with Crippen LogP contribution in [-0.4, -0.2) is 44.4 Å². The van der Waals surface area contributed by atoms with E-state index in [0.29, 0.717) is 6.61 Å². The number of thioether (sulfide) groups is 1. The minimum Gasteiger partial charge on any atom is -0.464 e. The summed E-state index contributed by atoms with van der Waals surface area (Å²) in [4.78, 5) is 25.1. The van der Waals surface area contributed by atoms with Gasteiger partial charge in [-0.15, -0.1) is 11.8 Å². The molecule has 90 valence electrons. The molecule has 2 aliphatic rings. The summed E-state index contributed by atoms with van der Waals surface area (Å²) in [5.74, 6) is -0.309. The van der Waals surface area contributed by atoms with E-state index in [9.17, 15) is 9.59 Å². The van der Waals surface area contributed by atoms with Crippen LogP contribution in [0.25, 0.3) is 0 Å². The Hall–Kier alpha value is -0.230. The van der Waals surface area contributed by atoms with Crippen molar-refractivity contribution in [3.63, 3.8) is 0 Å². The van der Waals surface area contributed by atoms with Gasteiger partial charge in [-0.25, -0.2) is 4.79 Å². The van der Waals surface area contributed by atoms with Crippen LogP contribution in [-0.2, 0) is 14.3 Å². The molecular formula is C10H14BrNO3S. The van der Waals surface area contributed by atoms with Gasteiger partial charge in [-0.3, -0.25) is 4.79 Å². The third-order valence-corrected chi connectivity index (χ3v) is 5.70. The fourth-order valence-electron chi connectivity index (χ4n) is 2.17. The lowest BCUT2D eigenvalue weighted by Gasteiger charge is -2.41. The van der Waals surface area contributed by atoms with Gasteiger partial charge in [-0.2, -0.15) is 0 Å². The summed E-state index contributed by atoms with van der Waals surface area (Å²) in [6.45, 7) is 6.07. The van der Waals surface area contributed by atoms with Crippen LogP contribution in [0.3, 0.4) is 0 Å². The fraction of sp³-hybridized carbons (Fsp3) is 0.800. The average molecular weight is 308 g/mol. The maximum atomic E-state index is 11.9. The van der Waals surface area contributed by atoms with Gasteiger partial charge in [0.2, 0.25) is 5.91 Å². The van der Waals surface area contributed by atoms with E-state index < -0.39 is 6.04 Å². The van der Waals surface area contributed by atoms with Crippen molar-refractivity contribution in [2.45, 2.75) is 41.8 Å². The van der Waals surface area contributed by atoms with E-state index in [1.165, 1.54) is 0 Å². The van der Waals surface area contributed by atoms with Gasteiger partial charge < -0.3 is 9.64 Å². The summed E-state index contributed by atoms with van der Waals surface area (Å²) in [6.07, 6.45) is 0. The van der Waals surface area contributed by atoms with Crippen molar-refractivity contribution in [1.82, 2.24) is 4.90 Å². The number of β-lactam (4-membered cyclic amide) rings is 1. The number of carbonyl (C=O) groups excluding carboxylic acids is 2. The first kappa shape index (κ1) is 12.2. The molecule has 0 radical (unpaired) electrons. The number of rotatable bonds is 2. The van der Waals surface area contributed by atoms with Crippen molar-refractivity contribution >= 4 is 39.6 Å². The van der Waals surface area contributed by atoms with Gasteiger partial charge in [0, 0.05) is 4.75 Å². The lowest BCUT2D eigenvalue weighted by atomic mass is 9.98. The number of amides is 1. The Labute approximate surface area is 107 Å². The van der Waals surface area contributed by atoms with Gasteiger partial charge in [-0.05, 0) is 20.8 Å². The Morgan fingerprint density at radius 2 is 2.25 bits per heavy atom. The molecule has 0 aromatic rings. The van der Waals surface area contributed by atoms with Crippen LogP contribution in [0.4, 0.5) is 0 Å². The van der Waals surface area contributed by atoms with E-state index in [1.807, 2.05) is 13.8 Å². The first-order valence-electron chi connectivity index (χ1n) is 5.21. The molecule has 2 heterocycles. The zero-order chi connectivity index (χ0) is 12.1. The lowest BCUT2D eigenvalue weighted by Crippen LogP contribution is -2.63. The third kappa shape index (κ3) is 1.57. The minimum atomic E-state index is -0.455. The lowest BCUT2D eigenvalue weighted by molar-refractivity contribution is -0.160. The molecule has 0 unspecified atom stereocenters. The number of hydrogen-bond acceptors (Lipinski definition) is 4. The average Bonchev–Trinajstić information content (AvgIpc) is 2.47. The minimum absolute atomic E-state index is 0.0128. The van der Waals surface area contributed by atoms with Crippen LogP contribution in [0.5, 0.6) is 0 Å². The number of hydrogen-bond donors (Lipinski definition) is 0. The summed E-state index contributed by atoms with van der Waals surface area (Å²) in [5, 5.41) is 0.0666. The fourth-order valence-corrected chi connectivity index (χ4v) is 4.52. The van der Waals surface area contributed by atoms with E-state index in [2.05, 4.69) is 15.9 Å². The van der Waals surface area contributed by atoms with E-state index in [-0.39, 0.29) is 26.8 Å². The van der Waals surface area contributed by atoms with Crippen LogP contribution in [0.1, 0.15) is 20.8 Å². The van der Waals surface area contributed by atoms with E-state index in [1.54, 1.807) is 23.6 Å². The van der Waals surface area contributed by atoms with Crippen LogP contribution in [0, 0.1) is 0 Å². The van der Waals surface area contributed by atoms with Crippen molar-refractivity contribution in [2.75, 3.05) is 6.61 Å². The van der Waals surface area contributed by atoms with Crippen LogP contribution in [0.2, 0.25) is 0 Å². The molecule has 3 atom stereocenters. The Bertz CT molecular complexity index is 347. The van der Waals surface area contributed by atoms with Gasteiger partial charge in [0.1, 0.15) is 16.2 Å². The van der Waals surface area contributed by atoms with E-state index >= 15 is 0 Å². The molecule has 0 aliphatic carbocycles. The predicted molar refractivity (Wildman–Crippen MR) is 65.4 cm³/mol. The molecule has 2 fully saturated rings. The highest BCUT2D eigenvalue weighted by Crippen LogP contribution is 2.52. The number of carbonyl (C=O) groups is 2. The maximum Gasteiger partial charge on any atom is 0.330 e. The molecular weight excluding hydrogens is 294 g/mol. The molecule has 0 aromatic heterocycles. The van der Waals surface area contributed by atoms with Gasteiger partial charge in [0.15, 0.2) is 0 Å². The highest BCUT2D eigenvalue weighted by molar-refractivity contribution is 9.10. The van der Waals surface area contributed by atoms with Crippen molar-refractivity contribution in [3.05, 3.63) is 0 Å². The summed E-state index contributed by atoms with van der Waals surface area (Å²) in [5.41, 5.74) is 0. The SMILES string of the molecule is CCOC(=O)[C@@H]1N2C(=O)[C@H](Br)[C@H]2SC1(C)C. The summed E-state index contributed by atoms with van der Waals surface area (Å²) < 4.78 is 4.75. The van der Waals surface area contributed by atoms with Gasteiger partial charge in [0.05, 0.1) is 6.61 Å². The Balaban J connectivity index is 2.22. The summed E-state index contributed by atoms with van der Waals surface area (Å²) in [6, 6.07) is -0.455. The molecule has 0 aromatic carbocycles. The quantitative estimate of drug-likeness (QED) is 0.439. The normalized spacial score (nSPS) is 35.6. The van der Waals surface area contributed by atoms with Crippen LogP contribution >= 0.6 is 27.7 Å². The molecule has 4 nitrogen and oxygen atoms in total. The van der Waals surface area contributed by atoms with Gasteiger partial charge in [0.25, 0.3) is 0 Å². The van der Waals surface area contributed by atoms with Crippen LogP contribution < -0.4 is 0 Å². The van der Waals surface area contributed by atoms with Crippen molar-refractivity contribution < 1.29 is 14.3 Å². The molecule has 0 bridgehead atoms. The van der Waals surface area contributed by atoms with Crippen molar-refractivity contribution in [2.24, 2.45) is 0 Å². The molecule has 1 amide bonds. The number of alkyl halides is 1. The van der Waals surface area contributed by atoms with Gasteiger partial charge in [-0.1, -0.05) is 15.9 Å².